The lowest BCUT2D eigenvalue weighted by Crippen LogP contribution is -2.21. The van der Waals surface area contributed by atoms with Crippen LogP contribution in [0.3, 0.4) is 0 Å². The quantitative estimate of drug-likeness (QED) is 0.690. The van der Waals surface area contributed by atoms with E-state index >= 15 is 0 Å². The molecule has 15 heavy (non-hydrogen) atoms. The first-order valence-corrected chi connectivity index (χ1v) is 5.40. The average Bonchev–Trinajstić information content (AvgIpc) is 2.73. The van der Waals surface area contributed by atoms with Crippen molar-refractivity contribution in [3.63, 3.8) is 0 Å². The molecule has 0 bridgehead atoms. The van der Waals surface area contributed by atoms with Crippen LogP contribution in [-0.4, -0.2) is 6.10 Å². The zero-order chi connectivity index (χ0) is 11.1. The fourth-order valence-corrected chi connectivity index (χ4v) is 2.12. The van der Waals surface area contributed by atoms with Crippen LogP contribution in [0.5, 0.6) is 0 Å². The van der Waals surface area contributed by atoms with Gasteiger partial charge in [-0.3, -0.25) is 0 Å². The number of furan rings is 1. The van der Waals surface area contributed by atoms with Crippen molar-refractivity contribution in [1.29, 1.82) is 0 Å². The van der Waals surface area contributed by atoms with Crippen molar-refractivity contribution in [3.8, 4) is 0 Å². The highest BCUT2D eigenvalue weighted by Gasteiger charge is 2.38. The summed E-state index contributed by atoms with van der Waals surface area (Å²) in [5, 5.41) is 0. The lowest BCUT2D eigenvalue weighted by molar-refractivity contribution is -0.0177. The Hall–Kier alpha value is -1.02. The number of hydrogen-bond acceptors (Lipinski definition) is 2. The van der Waals surface area contributed by atoms with E-state index in [1.165, 1.54) is 0 Å². The molecule has 0 spiro atoms. The summed E-state index contributed by atoms with van der Waals surface area (Å²) in [6, 6.07) is 2.06. The van der Waals surface area contributed by atoms with Gasteiger partial charge in [0.25, 0.3) is 0 Å². The minimum absolute atomic E-state index is 0.193. The smallest absolute Gasteiger partial charge is 0.101 e. The summed E-state index contributed by atoms with van der Waals surface area (Å²) in [4.78, 5) is 0. The Labute approximate surface area is 90.9 Å². The number of rotatable bonds is 2. The van der Waals surface area contributed by atoms with E-state index in [1.807, 2.05) is 13.8 Å². The van der Waals surface area contributed by atoms with Crippen LogP contribution < -0.4 is 0 Å². The van der Waals surface area contributed by atoms with Crippen molar-refractivity contribution in [2.75, 3.05) is 0 Å². The number of aryl methyl sites for hydroxylation is 1. The Morgan fingerprint density at radius 1 is 1.60 bits per heavy atom. The van der Waals surface area contributed by atoms with Crippen LogP contribution in [-0.2, 0) is 10.3 Å². The summed E-state index contributed by atoms with van der Waals surface area (Å²) in [6.07, 6.45) is 4.08. The van der Waals surface area contributed by atoms with Gasteiger partial charge in [-0.1, -0.05) is 12.2 Å². The lowest BCUT2D eigenvalue weighted by Gasteiger charge is -2.23. The molecule has 1 saturated heterocycles. The van der Waals surface area contributed by atoms with E-state index in [0.29, 0.717) is 0 Å². The summed E-state index contributed by atoms with van der Waals surface area (Å²) in [5.41, 5.74) is 2.06. The van der Waals surface area contributed by atoms with Crippen molar-refractivity contribution < 1.29 is 9.15 Å². The molecule has 0 radical (unpaired) electrons. The molecule has 1 aliphatic heterocycles. The second kappa shape index (κ2) is 3.53. The third-order valence-corrected chi connectivity index (χ3v) is 3.18. The third kappa shape index (κ3) is 1.86. The van der Waals surface area contributed by atoms with Gasteiger partial charge in [0.1, 0.15) is 5.76 Å². The monoisotopic (exact) mass is 206 g/mol. The molecule has 2 heterocycles. The fraction of sp³-hybridized carbons (Fsp3) is 0.538. The minimum Gasteiger partial charge on any atom is -0.469 e. The second-order valence-electron chi connectivity index (χ2n) is 4.67. The maximum Gasteiger partial charge on any atom is 0.101 e. The van der Waals surface area contributed by atoms with Gasteiger partial charge in [-0.2, -0.15) is 0 Å². The molecule has 0 unspecified atom stereocenters. The number of ether oxygens (including phenoxy) is 1. The predicted molar refractivity (Wildman–Crippen MR) is 59.7 cm³/mol. The van der Waals surface area contributed by atoms with Gasteiger partial charge in [0, 0.05) is 5.56 Å². The summed E-state index contributed by atoms with van der Waals surface area (Å²) in [7, 11) is 0. The molecular weight excluding hydrogens is 188 g/mol. The van der Waals surface area contributed by atoms with Gasteiger partial charge in [-0.25, -0.2) is 0 Å². The van der Waals surface area contributed by atoms with Crippen molar-refractivity contribution >= 4 is 0 Å². The van der Waals surface area contributed by atoms with E-state index in [9.17, 15) is 0 Å². The van der Waals surface area contributed by atoms with Gasteiger partial charge in [0.15, 0.2) is 0 Å². The summed E-state index contributed by atoms with van der Waals surface area (Å²) in [5.74, 6) is 0.939. The first kappa shape index (κ1) is 10.5. The van der Waals surface area contributed by atoms with Gasteiger partial charge in [-0.05, 0) is 39.7 Å². The van der Waals surface area contributed by atoms with E-state index in [2.05, 4.69) is 19.6 Å². The van der Waals surface area contributed by atoms with Crippen molar-refractivity contribution in [2.45, 2.75) is 45.3 Å². The second-order valence-corrected chi connectivity index (χ2v) is 4.67. The summed E-state index contributed by atoms with van der Waals surface area (Å²) < 4.78 is 11.4. The normalized spacial score (nSPS) is 30.7. The van der Waals surface area contributed by atoms with Crippen LogP contribution in [0.25, 0.3) is 0 Å². The molecule has 1 fully saturated rings. The van der Waals surface area contributed by atoms with E-state index < -0.39 is 0 Å². The molecule has 1 aliphatic rings. The Morgan fingerprint density at radius 3 is 2.80 bits per heavy atom. The molecule has 0 saturated carbocycles. The predicted octanol–water partition coefficient (Wildman–Crippen LogP) is 3.56. The highest BCUT2D eigenvalue weighted by Crippen LogP contribution is 2.41. The Morgan fingerprint density at radius 2 is 2.33 bits per heavy atom. The zero-order valence-electron chi connectivity index (χ0n) is 9.67. The largest absolute Gasteiger partial charge is 0.469 e. The van der Waals surface area contributed by atoms with Gasteiger partial charge in [0.2, 0.25) is 0 Å². The van der Waals surface area contributed by atoms with Gasteiger partial charge >= 0.3 is 0 Å². The lowest BCUT2D eigenvalue weighted by atomic mass is 9.95. The van der Waals surface area contributed by atoms with E-state index in [0.717, 1.165) is 29.7 Å². The molecule has 2 heteroatoms. The van der Waals surface area contributed by atoms with Crippen LogP contribution in [0.1, 0.15) is 38.0 Å². The summed E-state index contributed by atoms with van der Waals surface area (Å²) >= 11 is 0. The molecule has 1 aromatic rings. The van der Waals surface area contributed by atoms with Crippen LogP contribution in [0, 0.1) is 6.92 Å². The Kier molecular flexibility index (Phi) is 2.47. The highest BCUT2D eigenvalue weighted by molar-refractivity contribution is 5.22. The maximum atomic E-state index is 6.05. The molecule has 2 rings (SSSR count). The highest BCUT2D eigenvalue weighted by atomic mass is 16.5. The Bertz CT molecular complexity index is 378. The standard InChI is InChI=1S/C13H18O2/c1-9(2)12-5-6-13(4,15-12)11-7-10(3)14-8-11/h7-8,12H,1,5-6H2,2-4H3/t12-,13-/m1/s1. The van der Waals surface area contributed by atoms with Crippen molar-refractivity contribution in [2.24, 2.45) is 0 Å². The molecule has 2 atom stereocenters. The SMILES string of the molecule is C=C(C)[C@H]1CC[C@](C)(c2coc(C)c2)O1. The first-order chi connectivity index (χ1) is 7.01. The maximum absolute atomic E-state index is 6.05. The molecule has 1 aromatic heterocycles. The number of hydrogen-bond donors (Lipinski definition) is 0. The Balaban J connectivity index is 2.19. The topological polar surface area (TPSA) is 22.4 Å². The van der Waals surface area contributed by atoms with Crippen LogP contribution in [0.4, 0.5) is 0 Å². The first-order valence-electron chi connectivity index (χ1n) is 5.40. The zero-order valence-corrected chi connectivity index (χ0v) is 9.67. The average molecular weight is 206 g/mol. The van der Waals surface area contributed by atoms with Crippen LogP contribution in [0.2, 0.25) is 0 Å². The van der Waals surface area contributed by atoms with Gasteiger partial charge < -0.3 is 9.15 Å². The molecular formula is C13H18O2. The van der Waals surface area contributed by atoms with Crippen LogP contribution >= 0.6 is 0 Å². The molecule has 82 valence electrons. The fourth-order valence-electron chi connectivity index (χ4n) is 2.12. The molecule has 0 aromatic carbocycles. The van der Waals surface area contributed by atoms with Crippen molar-refractivity contribution in [1.82, 2.24) is 0 Å². The molecule has 2 nitrogen and oxygen atoms in total. The molecule has 0 N–H and O–H groups in total. The van der Waals surface area contributed by atoms with E-state index in [-0.39, 0.29) is 11.7 Å². The third-order valence-electron chi connectivity index (χ3n) is 3.18. The van der Waals surface area contributed by atoms with E-state index in [1.54, 1.807) is 6.26 Å². The van der Waals surface area contributed by atoms with Gasteiger partial charge in [-0.15, -0.1) is 0 Å². The molecule has 0 aliphatic carbocycles. The van der Waals surface area contributed by atoms with Crippen LogP contribution in [0.15, 0.2) is 28.9 Å². The molecule has 0 amide bonds. The summed E-state index contributed by atoms with van der Waals surface area (Å²) in [6.45, 7) is 10.1. The van der Waals surface area contributed by atoms with Gasteiger partial charge in [0.05, 0.1) is 18.0 Å². The van der Waals surface area contributed by atoms with Crippen molar-refractivity contribution in [3.05, 3.63) is 35.8 Å². The van der Waals surface area contributed by atoms with E-state index in [4.69, 9.17) is 9.15 Å². The minimum atomic E-state index is -0.193.